The first-order valence-electron chi connectivity index (χ1n) is 6.69. The molecule has 21 heavy (non-hydrogen) atoms. The third-order valence-electron chi connectivity index (χ3n) is 2.96. The number of rotatable bonds is 8. The Balaban J connectivity index is 1.62. The van der Waals surface area contributed by atoms with E-state index in [-0.39, 0.29) is 0 Å². The van der Waals surface area contributed by atoms with E-state index in [4.69, 9.17) is 0 Å². The summed E-state index contributed by atoms with van der Waals surface area (Å²) in [7, 11) is 9.44. The molecular formula is C16H18S5. The molecule has 5 heteroatoms. The van der Waals surface area contributed by atoms with Gasteiger partial charge in [-0.1, -0.05) is 82.3 Å². The molecule has 2 aromatic rings. The van der Waals surface area contributed by atoms with Crippen molar-refractivity contribution in [1.29, 1.82) is 0 Å². The molecule has 0 aliphatic carbocycles. The largest absolute Gasteiger partial charge is 0.0737 e. The predicted octanol–water partition coefficient (Wildman–Crippen LogP) is 7.83. The fourth-order valence-corrected chi connectivity index (χ4v) is 11.3. The second-order valence-corrected chi connectivity index (χ2v) is 12.8. The van der Waals surface area contributed by atoms with Crippen molar-refractivity contribution in [3.63, 3.8) is 0 Å². The van der Waals surface area contributed by atoms with Crippen LogP contribution in [0.4, 0.5) is 0 Å². The van der Waals surface area contributed by atoms with Crippen LogP contribution in [0.25, 0.3) is 0 Å². The van der Waals surface area contributed by atoms with Gasteiger partial charge in [0.15, 0.2) is 0 Å². The van der Waals surface area contributed by atoms with Crippen LogP contribution in [0.3, 0.4) is 0 Å². The molecule has 2 rings (SSSR count). The molecule has 2 aromatic carbocycles. The van der Waals surface area contributed by atoms with E-state index in [9.17, 15) is 0 Å². The van der Waals surface area contributed by atoms with Gasteiger partial charge >= 0.3 is 0 Å². The van der Waals surface area contributed by atoms with Gasteiger partial charge in [0, 0.05) is 10.5 Å². The van der Waals surface area contributed by atoms with Crippen LogP contribution >= 0.6 is 51.1 Å². The minimum absolute atomic E-state index is 0.529. The smallest absolute Gasteiger partial charge is 0.0381 e. The van der Waals surface area contributed by atoms with Gasteiger partial charge in [0.25, 0.3) is 0 Å². The standard InChI is InChI=1S/C16H18S5/c1-13(15-9-5-3-6-10-15)17-19-21-20-18-14(2)16-11-7-4-8-12-16/h3-14H,1-2H3. The van der Waals surface area contributed by atoms with Gasteiger partial charge in [-0.05, 0) is 54.5 Å². The van der Waals surface area contributed by atoms with Gasteiger partial charge in [0.1, 0.15) is 0 Å². The number of hydrogen-bond donors (Lipinski definition) is 0. The van der Waals surface area contributed by atoms with Crippen LogP contribution in [-0.2, 0) is 0 Å². The molecule has 0 saturated carbocycles. The number of hydrogen-bond acceptors (Lipinski definition) is 5. The Morgan fingerprint density at radius 2 is 0.952 bits per heavy atom. The summed E-state index contributed by atoms with van der Waals surface area (Å²) in [5.74, 6) is 0. The Labute approximate surface area is 146 Å². The average Bonchev–Trinajstić information content (AvgIpc) is 2.55. The van der Waals surface area contributed by atoms with Crippen molar-refractivity contribution in [1.82, 2.24) is 0 Å². The van der Waals surface area contributed by atoms with Crippen molar-refractivity contribution in [3.05, 3.63) is 71.8 Å². The van der Waals surface area contributed by atoms with Crippen LogP contribution in [0, 0.1) is 0 Å². The van der Waals surface area contributed by atoms with E-state index in [1.807, 2.05) is 51.1 Å². The summed E-state index contributed by atoms with van der Waals surface area (Å²) >= 11 is 0. The maximum atomic E-state index is 2.26. The predicted molar refractivity (Wildman–Crippen MR) is 108 cm³/mol. The molecule has 0 radical (unpaired) electrons. The van der Waals surface area contributed by atoms with Gasteiger partial charge < -0.3 is 0 Å². The zero-order valence-electron chi connectivity index (χ0n) is 12.0. The summed E-state index contributed by atoms with van der Waals surface area (Å²) in [6.07, 6.45) is 0. The molecule has 0 aliphatic rings. The molecule has 0 aliphatic heterocycles. The number of benzene rings is 2. The monoisotopic (exact) mass is 370 g/mol. The van der Waals surface area contributed by atoms with E-state index in [1.165, 1.54) is 11.1 Å². The highest BCUT2D eigenvalue weighted by Crippen LogP contribution is 2.55. The Morgan fingerprint density at radius 1 is 0.571 bits per heavy atom. The maximum absolute atomic E-state index is 2.26. The van der Waals surface area contributed by atoms with Crippen molar-refractivity contribution in [2.75, 3.05) is 0 Å². The normalized spacial score (nSPS) is 13.8. The molecule has 0 bridgehead atoms. The lowest BCUT2D eigenvalue weighted by Crippen LogP contribution is -1.84. The Morgan fingerprint density at radius 3 is 1.33 bits per heavy atom. The molecule has 0 fully saturated rings. The molecule has 0 saturated heterocycles. The van der Waals surface area contributed by atoms with Crippen molar-refractivity contribution >= 4 is 51.1 Å². The lowest BCUT2D eigenvalue weighted by molar-refractivity contribution is 1.11. The molecule has 2 atom stereocenters. The summed E-state index contributed by atoms with van der Waals surface area (Å²) in [5, 5.41) is 1.06. The molecule has 0 amide bonds. The molecule has 112 valence electrons. The molecule has 0 N–H and O–H groups in total. The van der Waals surface area contributed by atoms with Crippen molar-refractivity contribution in [3.8, 4) is 0 Å². The first-order chi connectivity index (χ1) is 10.3. The molecule has 0 aromatic heterocycles. The third-order valence-corrected chi connectivity index (χ3v) is 12.3. The molecule has 0 nitrogen and oxygen atoms in total. The van der Waals surface area contributed by atoms with Gasteiger partial charge in [-0.25, -0.2) is 0 Å². The van der Waals surface area contributed by atoms with Crippen LogP contribution in [0.1, 0.15) is 35.5 Å². The Kier molecular flexibility index (Phi) is 8.40. The quantitative estimate of drug-likeness (QED) is 0.342. The highest BCUT2D eigenvalue weighted by atomic mass is 33.8. The zero-order valence-corrected chi connectivity index (χ0v) is 16.1. The van der Waals surface area contributed by atoms with E-state index in [0.717, 1.165) is 0 Å². The van der Waals surface area contributed by atoms with Crippen LogP contribution in [-0.4, -0.2) is 0 Å². The first-order valence-corrected chi connectivity index (χ1v) is 13.0. The van der Waals surface area contributed by atoms with E-state index >= 15 is 0 Å². The first kappa shape index (κ1) is 17.5. The van der Waals surface area contributed by atoms with E-state index in [2.05, 4.69) is 74.5 Å². The fourth-order valence-electron chi connectivity index (χ4n) is 1.72. The minimum Gasteiger partial charge on any atom is -0.0737 e. The van der Waals surface area contributed by atoms with Crippen LogP contribution in [0.15, 0.2) is 60.7 Å². The van der Waals surface area contributed by atoms with Crippen LogP contribution in [0.5, 0.6) is 0 Å². The summed E-state index contributed by atoms with van der Waals surface area (Å²) in [4.78, 5) is 0. The zero-order chi connectivity index (χ0) is 14.9. The van der Waals surface area contributed by atoms with E-state index < -0.39 is 0 Å². The molecule has 2 unspecified atom stereocenters. The van der Waals surface area contributed by atoms with E-state index in [1.54, 1.807) is 0 Å². The van der Waals surface area contributed by atoms with Crippen LogP contribution in [0.2, 0.25) is 0 Å². The van der Waals surface area contributed by atoms with Crippen molar-refractivity contribution < 1.29 is 0 Å². The fraction of sp³-hybridized carbons (Fsp3) is 0.250. The summed E-state index contributed by atoms with van der Waals surface area (Å²) in [5.41, 5.74) is 2.79. The average molecular weight is 371 g/mol. The minimum atomic E-state index is 0.529. The second-order valence-electron chi connectivity index (χ2n) is 4.50. The third kappa shape index (κ3) is 6.45. The van der Waals surface area contributed by atoms with Gasteiger partial charge in [-0.3, -0.25) is 0 Å². The maximum Gasteiger partial charge on any atom is 0.0381 e. The summed E-state index contributed by atoms with van der Waals surface area (Å²) in [6.45, 7) is 4.52. The molecule has 0 spiro atoms. The van der Waals surface area contributed by atoms with E-state index in [0.29, 0.717) is 10.5 Å². The topological polar surface area (TPSA) is 0 Å². The molecular weight excluding hydrogens is 353 g/mol. The van der Waals surface area contributed by atoms with Crippen molar-refractivity contribution in [2.24, 2.45) is 0 Å². The summed E-state index contributed by atoms with van der Waals surface area (Å²) < 4.78 is 0. The lowest BCUT2D eigenvalue weighted by Gasteiger charge is -2.11. The lowest BCUT2D eigenvalue weighted by atomic mass is 10.2. The Hall–Kier alpha value is 0.190. The Bertz CT molecular complexity index is 455. The molecule has 0 heterocycles. The van der Waals surface area contributed by atoms with Gasteiger partial charge in [-0.2, -0.15) is 0 Å². The highest BCUT2D eigenvalue weighted by molar-refractivity contribution is 9.35. The van der Waals surface area contributed by atoms with Gasteiger partial charge in [0.05, 0.1) is 0 Å². The highest BCUT2D eigenvalue weighted by Gasteiger charge is 2.08. The van der Waals surface area contributed by atoms with Gasteiger partial charge in [0.2, 0.25) is 0 Å². The van der Waals surface area contributed by atoms with Crippen LogP contribution < -0.4 is 0 Å². The summed E-state index contributed by atoms with van der Waals surface area (Å²) in [6, 6.07) is 21.4. The SMILES string of the molecule is CC(SSSSSC(C)c1ccccc1)c1ccccc1. The second kappa shape index (κ2) is 10.1. The van der Waals surface area contributed by atoms with Gasteiger partial charge in [-0.15, -0.1) is 0 Å². The van der Waals surface area contributed by atoms with Crippen molar-refractivity contribution in [2.45, 2.75) is 24.3 Å².